The first kappa shape index (κ1) is 7.25. The van der Waals surface area contributed by atoms with Gasteiger partial charge in [0.2, 0.25) is 5.91 Å². The molecule has 1 aliphatic rings. The minimum Gasteiger partial charge on any atom is -0.481 e. The summed E-state index contributed by atoms with van der Waals surface area (Å²) in [6.45, 7) is 2.49. The standard InChI is InChI=1S/C7H11NO2/c1-2-10-7-5-3-4-6(9)8-7/h2-5H2,1H3. The SMILES string of the molecule is CCOC1=NC(=O)CCC1. The molecule has 0 spiro atoms. The van der Waals surface area contributed by atoms with Crippen LogP contribution in [0, 0.1) is 0 Å². The maximum atomic E-state index is 10.7. The van der Waals surface area contributed by atoms with Gasteiger partial charge in [0.25, 0.3) is 0 Å². The zero-order valence-corrected chi connectivity index (χ0v) is 6.09. The average molecular weight is 141 g/mol. The van der Waals surface area contributed by atoms with Crippen molar-refractivity contribution < 1.29 is 9.53 Å². The van der Waals surface area contributed by atoms with Gasteiger partial charge in [-0.25, -0.2) is 0 Å². The number of hydrogen-bond acceptors (Lipinski definition) is 2. The Kier molecular flexibility index (Phi) is 2.42. The fourth-order valence-corrected chi connectivity index (χ4v) is 0.913. The molecule has 0 fully saturated rings. The minimum atomic E-state index is -0.0466. The predicted molar refractivity (Wildman–Crippen MR) is 37.9 cm³/mol. The van der Waals surface area contributed by atoms with E-state index in [0.717, 1.165) is 12.8 Å². The van der Waals surface area contributed by atoms with Crippen molar-refractivity contribution in [2.45, 2.75) is 26.2 Å². The van der Waals surface area contributed by atoms with E-state index < -0.39 is 0 Å². The van der Waals surface area contributed by atoms with Gasteiger partial charge in [-0.05, 0) is 13.3 Å². The lowest BCUT2D eigenvalue weighted by Crippen LogP contribution is -2.13. The second-order valence-corrected chi connectivity index (χ2v) is 2.19. The average Bonchev–Trinajstić information content (AvgIpc) is 1.88. The zero-order valence-electron chi connectivity index (χ0n) is 6.09. The third kappa shape index (κ3) is 1.83. The van der Waals surface area contributed by atoms with Crippen LogP contribution >= 0.6 is 0 Å². The molecule has 0 aromatic rings. The number of rotatable bonds is 1. The molecule has 10 heavy (non-hydrogen) atoms. The molecule has 1 heterocycles. The zero-order chi connectivity index (χ0) is 7.40. The molecule has 0 saturated heterocycles. The van der Waals surface area contributed by atoms with E-state index in [-0.39, 0.29) is 5.91 Å². The Hall–Kier alpha value is -0.860. The Morgan fingerprint density at radius 2 is 2.40 bits per heavy atom. The summed E-state index contributed by atoms with van der Waals surface area (Å²) >= 11 is 0. The van der Waals surface area contributed by atoms with Crippen LogP contribution in [0.15, 0.2) is 4.99 Å². The molecule has 0 aromatic carbocycles. The lowest BCUT2D eigenvalue weighted by atomic mass is 10.2. The first-order chi connectivity index (χ1) is 4.83. The Morgan fingerprint density at radius 1 is 1.60 bits per heavy atom. The van der Waals surface area contributed by atoms with Crippen LogP contribution in [0.2, 0.25) is 0 Å². The van der Waals surface area contributed by atoms with Gasteiger partial charge in [0.1, 0.15) is 0 Å². The van der Waals surface area contributed by atoms with E-state index >= 15 is 0 Å². The molecule has 0 bridgehead atoms. The fourth-order valence-electron chi connectivity index (χ4n) is 0.913. The highest BCUT2D eigenvalue weighted by Gasteiger charge is 2.11. The number of ether oxygens (including phenoxy) is 1. The summed E-state index contributed by atoms with van der Waals surface area (Å²) in [6, 6.07) is 0. The van der Waals surface area contributed by atoms with Crippen molar-refractivity contribution in [3.05, 3.63) is 0 Å². The van der Waals surface area contributed by atoms with Crippen LogP contribution in [0.3, 0.4) is 0 Å². The first-order valence-electron chi connectivity index (χ1n) is 3.56. The van der Waals surface area contributed by atoms with Crippen LogP contribution < -0.4 is 0 Å². The first-order valence-corrected chi connectivity index (χ1v) is 3.56. The van der Waals surface area contributed by atoms with E-state index in [1.54, 1.807) is 0 Å². The summed E-state index contributed by atoms with van der Waals surface area (Å²) in [6.07, 6.45) is 2.29. The van der Waals surface area contributed by atoms with Crippen molar-refractivity contribution in [2.75, 3.05) is 6.61 Å². The van der Waals surface area contributed by atoms with Crippen LogP contribution in [0.1, 0.15) is 26.2 Å². The normalized spacial score (nSPS) is 18.5. The van der Waals surface area contributed by atoms with Crippen molar-refractivity contribution >= 4 is 11.8 Å². The third-order valence-corrected chi connectivity index (χ3v) is 1.34. The van der Waals surface area contributed by atoms with Crippen LogP contribution in [0.5, 0.6) is 0 Å². The monoisotopic (exact) mass is 141 g/mol. The van der Waals surface area contributed by atoms with Crippen molar-refractivity contribution in [1.29, 1.82) is 0 Å². The van der Waals surface area contributed by atoms with Crippen molar-refractivity contribution in [3.8, 4) is 0 Å². The van der Waals surface area contributed by atoms with Crippen LogP contribution in [-0.4, -0.2) is 18.4 Å². The van der Waals surface area contributed by atoms with E-state index in [4.69, 9.17) is 4.74 Å². The lowest BCUT2D eigenvalue weighted by Gasteiger charge is -2.09. The number of aliphatic imine (C=N–C) groups is 1. The van der Waals surface area contributed by atoms with Gasteiger partial charge in [-0.3, -0.25) is 4.79 Å². The number of carbonyl (C=O) groups excluding carboxylic acids is 1. The van der Waals surface area contributed by atoms with Gasteiger partial charge in [-0.15, -0.1) is 0 Å². The van der Waals surface area contributed by atoms with Gasteiger partial charge in [-0.2, -0.15) is 4.99 Å². The largest absolute Gasteiger partial charge is 0.481 e. The Labute approximate surface area is 60.1 Å². The highest BCUT2D eigenvalue weighted by atomic mass is 16.5. The molecule has 0 saturated carbocycles. The van der Waals surface area contributed by atoms with Crippen molar-refractivity contribution in [3.63, 3.8) is 0 Å². The highest BCUT2D eigenvalue weighted by molar-refractivity contribution is 5.93. The number of amides is 1. The van der Waals surface area contributed by atoms with Gasteiger partial charge in [-0.1, -0.05) is 0 Å². The van der Waals surface area contributed by atoms with Gasteiger partial charge in [0.15, 0.2) is 5.90 Å². The molecule has 1 amide bonds. The topological polar surface area (TPSA) is 38.7 Å². The molecule has 0 radical (unpaired) electrons. The predicted octanol–water partition coefficient (Wildman–Crippen LogP) is 1.13. The van der Waals surface area contributed by atoms with E-state index in [9.17, 15) is 4.79 Å². The second kappa shape index (κ2) is 3.34. The molecule has 0 atom stereocenters. The quantitative estimate of drug-likeness (QED) is 0.549. The maximum Gasteiger partial charge on any atom is 0.248 e. The highest BCUT2D eigenvalue weighted by Crippen LogP contribution is 2.07. The Morgan fingerprint density at radius 3 is 3.00 bits per heavy atom. The molecular formula is C7H11NO2. The maximum absolute atomic E-state index is 10.7. The summed E-state index contributed by atoms with van der Waals surface area (Å²) < 4.78 is 5.08. The molecule has 56 valence electrons. The van der Waals surface area contributed by atoms with Crippen molar-refractivity contribution in [1.82, 2.24) is 0 Å². The molecule has 0 aromatic heterocycles. The number of carbonyl (C=O) groups is 1. The summed E-state index contributed by atoms with van der Waals surface area (Å²) in [4.78, 5) is 14.4. The smallest absolute Gasteiger partial charge is 0.248 e. The Bertz CT molecular complexity index is 163. The van der Waals surface area contributed by atoms with Gasteiger partial charge < -0.3 is 4.74 Å². The molecular weight excluding hydrogens is 130 g/mol. The van der Waals surface area contributed by atoms with Crippen molar-refractivity contribution in [2.24, 2.45) is 4.99 Å². The van der Waals surface area contributed by atoms with Gasteiger partial charge in [0.05, 0.1) is 6.61 Å². The van der Waals surface area contributed by atoms with Crippen LogP contribution in [0.4, 0.5) is 0 Å². The summed E-state index contributed by atoms with van der Waals surface area (Å²) in [7, 11) is 0. The van der Waals surface area contributed by atoms with E-state index in [0.29, 0.717) is 18.9 Å². The number of nitrogens with zero attached hydrogens (tertiary/aromatic N) is 1. The molecule has 0 N–H and O–H groups in total. The Balaban J connectivity index is 2.49. The van der Waals surface area contributed by atoms with E-state index in [1.165, 1.54) is 0 Å². The van der Waals surface area contributed by atoms with Crippen LogP contribution in [0.25, 0.3) is 0 Å². The van der Waals surface area contributed by atoms with E-state index in [2.05, 4.69) is 4.99 Å². The number of hydrogen-bond donors (Lipinski definition) is 0. The molecule has 1 aliphatic heterocycles. The second-order valence-electron chi connectivity index (χ2n) is 2.19. The molecule has 0 unspecified atom stereocenters. The summed E-state index contributed by atoms with van der Waals surface area (Å²) in [5, 5.41) is 0. The summed E-state index contributed by atoms with van der Waals surface area (Å²) in [5.41, 5.74) is 0. The van der Waals surface area contributed by atoms with E-state index in [1.807, 2.05) is 6.92 Å². The molecule has 0 aliphatic carbocycles. The summed E-state index contributed by atoms with van der Waals surface area (Å²) in [5.74, 6) is 0.563. The van der Waals surface area contributed by atoms with Gasteiger partial charge in [0, 0.05) is 12.8 Å². The minimum absolute atomic E-state index is 0.0466. The van der Waals surface area contributed by atoms with Gasteiger partial charge >= 0.3 is 0 Å². The molecule has 3 heteroatoms. The lowest BCUT2D eigenvalue weighted by molar-refractivity contribution is -0.118. The molecule has 1 rings (SSSR count). The van der Waals surface area contributed by atoms with Crippen LogP contribution in [-0.2, 0) is 9.53 Å². The third-order valence-electron chi connectivity index (χ3n) is 1.34. The molecule has 3 nitrogen and oxygen atoms in total. The fraction of sp³-hybridized carbons (Fsp3) is 0.714.